The van der Waals surface area contributed by atoms with Crippen LogP contribution in [-0.2, 0) is 4.74 Å². The molecule has 2 fully saturated rings. The molecule has 26 heavy (non-hydrogen) atoms. The van der Waals surface area contributed by atoms with Crippen molar-refractivity contribution in [1.82, 2.24) is 24.6 Å². The van der Waals surface area contributed by atoms with E-state index >= 15 is 0 Å². The van der Waals surface area contributed by atoms with Crippen molar-refractivity contribution >= 4 is 11.0 Å². The Morgan fingerprint density at radius 2 is 2.00 bits per heavy atom. The lowest BCUT2D eigenvalue weighted by Gasteiger charge is -2.47. The number of aromatic amines is 1. The van der Waals surface area contributed by atoms with Crippen LogP contribution in [0.25, 0.3) is 22.3 Å². The molecular weight excluding hydrogens is 326 g/mol. The first-order valence-electron chi connectivity index (χ1n) is 9.45. The van der Waals surface area contributed by atoms with Crippen molar-refractivity contribution in [1.29, 1.82) is 0 Å². The maximum Gasteiger partial charge on any atom is 0.137 e. The summed E-state index contributed by atoms with van der Waals surface area (Å²) in [6, 6.07) is 5.52. The minimum absolute atomic E-state index is 0.447. The molecule has 0 atom stereocenters. The highest BCUT2D eigenvalue weighted by Gasteiger charge is 2.38. The lowest BCUT2D eigenvalue weighted by atomic mass is 10.0. The second-order valence-electron chi connectivity index (χ2n) is 7.94. The lowest BCUT2D eigenvalue weighted by Crippen LogP contribution is -2.59. The van der Waals surface area contributed by atoms with Gasteiger partial charge in [-0.2, -0.15) is 5.10 Å². The average molecular weight is 351 g/mol. The zero-order valence-electron chi connectivity index (χ0n) is 15.6. The topological polar surface area (TPSA) is 59.0 Å². The highest BCUT2D eigenvalue weighted by atomic mass is 16.5. The van der Waals surface area contributed by atoms with E-state index in [1.54, 1.807) is 0 Å². The lowest BCUT2D eigenvalue weighted by molar-refractivity contribution is -0.100. The van der Waals surface area contributed by atoms with Crippen LogP contribution in [0.15, 0.2) is 24.5 Å². The van der Waals surface area contributed by atoms with Gasteiger partial charge in [-0.15, -0.1) is 0 Å². The Kier molecular flexibility index (Phi) is 3.65. The number of hydrogen-bond acceptors (Lipinski definition) is 4. The summed E-state index contributed by atoms with van der Waals surface area (Å²) >= 11 is 0. The van der Waals surface area contributed by atoms with Crippen LogP contribution in [0.3, 0.4) is 0 Å². The van der Waals surface area contributed by atoms with Gasteiger partial charge in [-0.3, -0.25) is 9.58 Å². The molecule has 0 radical (unpaired) electrons. The first kappa shape index (κ1) is 16.0. The van der Waals surface area contributed by atoms with Crippen LogP contribution in [0.4, 0.5) is 0 Å². The molecule has 1 N–H and O–H groups in total. The van der Waals surface area contributed by atoms with Crippen LogP contribution in [0.5, 0.6) is 0 Å². The molecule has 136 valence electrons. The van der Waals surface area contributed by atoms with Gasteiger partial charge < -0.3 is 9.72 Å². The largest absolute Gasteiger partial charge is 0.378 e. The minimum Gasteiger partial charge on any atom is -0.378 e. The third kappa shape index (κ3) is 2.47. The summed E-state index contributed by atoms with van der Waals surface area (Å²) < 4.78 is 7.58. The first-order chi connectivity index (χ1) is 12.6. The fraction of sp³-hybridized carbons (Fsp3) is 0.500. The van der Waals surface area contributed by atoms with E-state index in [1.807, 2.05) is 12.4 Å². The van der Waals surface area contributed by atoms with E-state index in [0.29, 0.717) is 18.0 Å². The fourth-order valence-corrected chi connectivity index (χ4v) is 3.92. The fourth-order valence-electron chi connectivity index (χ4n) is 3.92. The molecule has 0 amide bonds. The zero-order valence-corrected chi connectivity index (χ0v) is 15.6. The predicted molar refractivity (Wildman–Crippen MR) is 101 cm³/mol. The monoisotopic (exact) mass is 351 g/mol. The average Bonchev–Trinajstić information content (AvgIpc) is 3.13. The Morgan fingerprint density at radius 3 is 2.69 bits per heavy atom. The normalized spacial score (nSPS) is 19.2. The summed E-state index contributed by atoms with van der Waals surface area (Å²) in [6.07, 6.45) is 3.93. The molecule has 5 heterocycles. The summed E-state index contributed by atoms with van der Waals surface area (Å²) in [4.78, 5) is 10.3. The number of aromatic nitrogens is 4. The number of rotatable bonds is 4. The molecule has 2 aliphatic rings. The molecule has 0 aliphatic carbocycles. The number of ether oxygens (including phenoxy) is 1. The highest BCUT2D eigenvalue weighted by molar-refractivity contribution is 5.83. The number of likely N-dealkylation sites (tertiary alicyclic amines) is 1. The molecule has 3 aromatic rings. The van der Waals surface area contributed by atoms with Crippen LogP contribution in [0.1, 0.15) is 37.1 Å². The number of H-pyrrole nitrogens is 1. The number of hydrogen-bond donors (Lipinski definition) is 1. The molecule has 0 saturated carbocycles. The van der Waals surface area contributed by atoms with Gasteiger partial charge in [0.05, 0.1) is 31.0 Å². The van der Waals surface area contributed by atoms with Gasteiger partial charge in [0.1, 0.15) is 5.65 Å². The van der Waals surface area contributed by atoms with Crippen molar-refractivity contribution < 1.29 is 4.74 Å². The van der Waals surface area contributed by atoms with Gasteiger partial charge in [0.15, 0.2) is 0 Å². The van der Waals surface area contributed by atoms with Crippen molar-refractivity contribution in [2.75, 3.05) is 26.3 Å². The van der Waals surface area contributed by atoms with Crippen molar-refractivity contribution in [3.8, 4) is 11.3 Å². The van der Waals surface area contributed by atoms with E-state index in [1.165, 1.54) is 16.6 Å². The van der Waals surface area contributed by atoms with E-state index in [0.717, 1.165) is 43.2 Å². The second kappa shape index (κ2) is 5.93. The van der Waals surface area contributed by atoms with Gasteiger partial charge in [-0.25, -0.2) is 4.98 Å². The molecule has 0 aromatic carbocycles. The summed E-state index contributed by atoms with van der Waals surface area (Å²) in [5, 5.41) is 6.16. The Morgan fingerprint density at radius 1 is 1.19 bits per heavy atom. The number of pyridine rings is 1. The molecular formula is C20H25N5O. The van der Waals surface area contributed by atoms with E-state index in [9.17, 15) is 0 Å². The van der Waals surface area contributed by atoms with Crippen LogP contribution in [0, 0.1) is 6.92 Å². The standard InChI is InChI=1S/C20H25N5O/c1-12(2)19-5-18(14-4-17-13(3)6-21-20(17)22-7-14)23-25(19)15-8-24(9-15)16-10-26-11-16/h4-7,12,15-16H,8-11H2,1-3H3,(H,21,22). The predicted octanol–water partition coefficient (Wildman–Crippen LogP) is 3.11. The molecule has 6 nitrogen and oxygen atoms in total. The maximum absolute atomic E-state index is 5.32. The van der Waals surface area contributed by atoms with Gasteiger partial charge in [-0.1, -0.05) is 13.8 Å². The summed E-state index contributed by atoms with van der Waals surface area (Å²) in [6.45, 7) is 10.5. The molecule has 2 saturated heterocycles. The number of nitrogens with zero attached hydrogens (tertiary/aromatic N) is 4. The van der Waals surface area contributed by atoms with Crippen molar-refractivity contribution in [3.05, 3.63) is 35.8 Å². The van der Waals surface area contributed by atoms with Gasteiger partial charge in [0.2, 0.25) is 0 Å². The molecule has 6 heteroatoms. The smallest absolute Gasteiger partial charge is 0.137 e. The van der Waals surface area contributed by atoms with Crippen LogP contribution >= 0.6 is 0 Å². The molecule has 0 unspecified atom stereocenters. The Hall–Kier alpha value is -2.18. The quantitative estimate of drug-likeness (QED) is 0.785. The molecule has 0 spiro atoms. The second-order valence-corrected chi connectivity index (χ2v) is 7.94. The van der Waals surface area contributed by atoms with Gasteiger partial charge >= 0.3 is 0 Å². The molecule has 3 aromatic heterocycles. The number of nitrogens with one attached hydrogen (secondary N) is 1. The van der Waals surface area contributed by atoms with Crippen LogP contribution < -0.4 is 0 Å². The van der Waals surface area contributed by atoms with Gasteiger partial charge in [0, 0.05) is 42.1 Å². The Balaban J connectivity index is 1.46. The third-order valence-corrected chi connectivity index (χ3v) is 5.76. The van der Waals surface area contributed by atoms with E-state index in [4.69, 9.17) is 9.84 Å². The van der Waals surface area contributed by atoms with Crippen molar-refractivity contribution in [2.24, 2.45) is 0 Å². The molecule has 0 bridgehead atoms. The summed E-state index contributed by atoms with van der Waals surface area (Å²) in [5.41, 5.74) is 5.57. The SMILES string of the molecule is Cc1c[nH]c2ncc(-c3cc(C(C)C)n(C4CN(C5COC5)C4)n3)cc12. The van der Waals surface area contributed by atoms with Gasteiger partial charge in [0.25, 0.3) is 0 Å². The van der Waals surface area contributed by atoms with Crippen molar-refractivity contribution in [2.45, 2.75) is 38.8 Å². The molecule has 2 aliphatic heterocycles. The maximum atomic E-state index is 5.32. The van der Waals surface area contributed by atoms with Crippen LogP contribution in [0.2, 0.25) is 0 Å². The minimum atomic E-state index is 0.447. The first-order valence-corrected chi connectivity index (χ1v) is 9.45. The van der Waals surface area contributed by atoms with E-state index in [-0.39, 0.29) is 0 Å². The number of fused-ring (bicyclic) bond motifs is 1. The van der Waals surface area contributed by atoms with E-state index < -0.39 is 0 Å². The highest BCUT2D eigenvalue weighted by Crippen LogP contribution is 2.32. The van der Waals surface area contributed by atoms with Crippen LogP contribution in [-0.4, -0.2) is 57.0 Å². The van der Waals surface area contributed by atoms with E-state index in [2.05, 4.69) is 52.5 Å². The molecule has 5 rings (SSSR count). The Bertz CT molecular complexity index is 946. The number of aryl methyl sites for hydroxylation is 1. The van der Waals surface area contributed by atoms with Crippen molar-refractivity contribution in [3.63, 3.8) is 0 Å². The summed E-state index contributed by atoms with van der Waals surface area (Å²) in [7, 11) is 0. The Labute approximate surface area is 153 Å². The van der Waals surface area contributed by atoms with Gasteiger partial charge in [-0.05, 0) is 30.5 Å². The summed E-state index contributed by atoms with van der Waals surface area (Å²) in [5.74, 6) is 0.447. The third-order valence-electron chi connectivity index (χ3n) is 5.76. The zero-order chi connectivity index (χ0) is 17.8.